The van der Waals surface area contributed by atoms with Gasteiger partial charge in [0.15, 0.2) is 5.78 Å². The molecule has 98 valence electrons. The van der Waals surface area contributed by atoms with Crippen molar-refractivity contribution >= 4 is 17.1 Å². The van der Waals surface area contributed by atoms with Crippen LogP contribution in [0, 0.1) is 12.3 Å². The van der Waals surface area contributed by atoms with Crippen LogP contribution in [-0.2, 0) is 12.8 Å². The molecular formula is C15H21NOS. The first-order valence-electron chi connectivity index (χ1n) is 6.92. The maximum absolute atomic E-state index is 12.8. The highest BCUT2D eigenvalue weighted by molar-refractivity contribution is 7.12. The Morgan fingerprint density at radius 1 is 1.33 bits per heavy atom. The number of hydrogen-bond acceptors (Lipinski definition) is 3. The molecule has 0 saturated carbocycles. The summed E-state index contributed by atoms with van der Waals surface area (Å²) in [5.41, 5.74) is 2.45. The summed E-state index contributed by atoms with van der Waals surface area (Å²) in [6.45, 7) is 6.46. The minimum absolute atomic E-state index is 0.0418. The summed E-state index contributed by atoms with van der Waals surface area (Å²) >= 11 is 1.84. The van der Waals surface area contributed by atoms with Crippen molar-refractivity contribution in [3.05, 3.63) is 20.9 Å². The molecule has 2 nitrogen and oxygen atoms in total. The van der Waals surface area contributed by atoms with Crippen molar-refractivity contribution in [2.24, 2.45) is 5.41 Å². The number of Topliss-reactive ketones (excluding diaryl/α,β-unsaturated/α-hetero) is 1. The van der Waals surface area contributed by atoms with Crippen molar-refractivity contribution in [3.8, 4) is 0 Å². The van der Waals surface area contributed by atoms with Gasteiger partial charge >= 0.3 is 0 Å². The lowest BCUT2D eigenvalue weighted by molar-refractivity contribution is 0.0670. The van der Waals surface area contributed by atoms with Gasteiger partial charge in [0.05, 0.1) is 0 Å². The van der Waals surface area contributed by atoms with Gasteiger partial charge in [0.2, 0.25) is 0 Å². The predicted octanol–water partition coefficient (Wildman–Crippen LogP) is 3.07. The summed E-state index contributed by atoms with van der Waals surface area (Å²) < 4.78 is 0. The van der Waals surface area contributed by atoms with Crippen molar-refractivity contribution in [1.82, 2.24) is 4.90 Å². The molecule has 1 aromatic rings. The molecule has 0 unspecified atom stereocenters. The van der Waals surface area contributed by atoms with Gasteiger partial charge < -0.3 is 4.90 Å². The Morgan fingerprint density at radius 3 is 2.61 bits per heavy atom. The Balaban J connectivity index is 1.98. The van der Waals surface area contributed by atoms with Gasteiger partial charge in [0, 0.05) is 20.7 Å². The van der Waals surface area contributed by atoms with Crippen molar-refractivity contribution < 1.29 is 4.79 Å². The molecule has 1 aromatic heterocycles. The van der Waals surface area contributed by atoms with E-state index < -0.39 is 0 Å². The van der Waals surface area contributed by atoms with Crippen LogP contribution in [0.5, 0.6) is 0 Å². The number of nitrogens with zero attached hydrogens (tertiary/aromatic N) is 1. The van der Waals surface area contributed by atoms with E-state index in [0.717, 1.165) is 44.3 Å². The fraction of sp³-hybridized carbons (Fsp3) is 0.667. The second kappa shape index (κ2) is 4.17. The highest BCUT2D eigenvalue weighted by atomic mass is 32.1. The number of hydrogen-bond donors (Lipinski definition) is 0. The van der Waals surface area contributed by atoms with Gasteiger partial charge in [-0.05, 0) is 58.3 Å². The van der Waals surface area contributed by atoms with E-state index in [0.29, 0.717) is 5.78 Å². The summed E-state index contributed by atoms with van der Waals surface area (Å²) in [5, 5.41) is 0. The van der Waals surface area contributed by atoms with E-state index in [4.69, 9.17) is 0 Å². The molecule has 2 heterocycles. The van der Waals surface area contributed by atoms with E-state index in [1.807, 2.05) is 11.3 Å². The van der Waals surface area contributed by atoms with Crippen LogP contribution in [0.25, 0.3) is 0 Å². The van der Waals surface area contributed by atoms with Crippen LogP contribution >= 0.6 is 11.3 Å². The zero-order chi connectivity index (χ0) is 12.9. The van der Waals surface area contributed by atoms with E-state index in [1.165, 1.54) is 15.3 Å². The van der Waals surface area contributed by atoms with Crippen LogP contribution in [-0.4, -0.2) is 30.8 Å². The molecule has 3 rings (SSSR count). The van der Waals surface area contributed by atoms with Gasteiger partial charge in [-0.1, -0.05) is 6.92 Å². The number of aryl methyl sites for hydroxylation is 2. The molecule has 1 spiro atoms. The molecular weight excluding hydrogens is 242 g/mol. The minimum atomic E-state index is -0.0418. The number of carbonyl (C=O) groups excluding carboxylic acids is 1. The number of ketones is 1. The van der Waals surface area contributed by atoms with Crippen LogP contribution in [0.2, 0.25) is 0 Å². The molecule has 0 N–H and O–H groups in total. The summed E-state index contributed by atoms with van der Waals surface area (Å²) in [7, 11) is 2.16. The first-order valence-corrected chi connectivity index (χ1v) is 7.73. The predicted molar refractivity (Wildman–Crippen MR) is 75.6 cm³/mol. The maximum atomic E-state index is 12.8. The normalized spacial score (nSPS) is 22.7. The van der Waals surface area contributed by atoms with Crippen molar-refractivity contribution in [2.45, 2.75) is 39.5 Å². The molecule has 0 radical (unpaired) electrons. The Morgan fingerprint density at radius 2 is 2.00 bits per heavy atom. The number of likely N-dealkylation sites (tertiary alicyclic amines) is 1. The van der Waals surface area contributed by atoms with E-state index in [-0.39, 0.29) is 5.41 Å². The van der Waals surface area contributed by atoms with Crippen molar-refractivity contribution in [1.29, 1.82) is 0 Å². The summed E-state index contributed by atoms with van der Waals surface area (Å²) in [5.74, 6) is 0.457. The zero-order valence-corrected chi connectivity index (χ0v) is 12.3. The molecule has 1 fully saturated rings. The molecule has 0 atom stereocenters. The van der Waals surface area contributed by atoms with Gasteiger partial charge in [-0.2, -0.15) is 0 Å². The van der Waals surface area contributed by atoms with Crippen molar-refractivity contribution in [2.75, 3.05) is 20.1 Å². The van der Waals surface area contributed by atoms with Crippen LogP contribution in [0.1, 0.15) is 45.4 Å². The van der Waals surface area contributed by atoms with Crippen LogP contribution in [0.15, 0.2) is 0 Å². The van der Waals surface area contributed by atoms with E-state index in [9.17, 15) is 4.79 Å². The number of rotatable bonds is 1. The smallest absolute Gasteiger partial charge is 0.170 e. The Bertz CT molecular complexity index is 495. The van der Waals surface area contributed by atoms with Gasteiger partial charge in [-0.15, -0.1) is 11.3 Å². The number of piperidine rings is 1. The van der Waals surface area contributed by atoms with Gasteiger partial charge in [-0.25, -0.2) is 0 Å². The highest BCUT2D eigenvalue weighted by Crippen LogP contribution is 2.48. The Kier molecular flexibility index (Phi) is 2.87. The number of thiophene rings is 1. The van der Waals surface area contributed by atoms with Crippen LogP contribution in [0.4, 0.5) is 0 Å². The van der Waals surface area contributed by atoms with Crippen molar-refractivity contribution in [3.63, 3.8) is 0 Å². The average Bonchev–Trinajstić information content (AvgIpc) is 2.81. The SMILES string of the molecule is CCc1sc(C)c2c1CC1(CCN(C)CC1)C2=O. The first-order chi connectivity index (χ1) is 8.57. The second-order valence-corrected chi connectivity index (χ2v) is 7.19. The quantitative estimate of drug-likeness (QED) is 0.776. The zero-order valence-electron chi connectivity index (χ0n) is 11.5. The highest BCUT2D eigenvalue weighted by Gasteiger charge is 2.48. The fourth-order valence-corrected chi connectivity index (χ4v) is 4.68. The summed E-state index contributed by atoms with van der Waals surface area (Å²) in [4.78, 5) is 17.9. The maximum Gasteiger partial charge on any atom is 0.170 e. The molecule has 0 bridgehead atoms. The lowest BCUT2D eigenvalue weighted by Gasteiger charge is -2.36. The van der Waals surface area contributed by atoms with Crippen LogP contribution in [0.3, 0.4) is 0 Å². The number of fused-ring (bicyclic) bond motifs is 1. The molecule has 1 aliphatic heterocycles. The average molecular weight is 263 g/mol. The topological polar surface area (TPSA) is 20.3 Å². The molecule has 3 heteroatoms. The molecule has 1 aliphatic carbocycles. The third-order valence-corrected chi connectivity index (χ3v) is 6.05. The van der Waals surface area contributed by atoms with E-state index in [1.54, 1.807) is 0 Å². The number of carbonyl (C=O) groups is 1. The van der Waals surface area contributed by atoms with Gasteiger partial charge in [0.25, 0.3) is 0 Å². The third-order valence-electron chi connectivity index (χ3n) is 4.76. The molecule has 2 aliphatic rings. The molecule has 18 heavy (non-hydrogen) atoms. The van der Waals surface area contributed by atoms with Crippen LogP contribution < -0.4 is 0 Å². The largest absolute Gasteiger partial charge is 0.306 e. The monoisotopic (exact) mass is 263 g/mol. The Hall–Kier alpha value is -0.670. The minimum Gasteiger partial charge on any atom is -0.306 e. The standard InChI is InChI=1S/C15H21NOS/c1-4-12-11-9-15(5-7-16(3)8-6-15)14(17)13(11)10(2)18-12/h4-9H2,1-3H3. The molecule has 0 amide bonds. The summed E-state index contributed by atoms with van der Waals surface area (Å²) in [6.07, 6.45) is 4.18. The fourth-order valence-electron chi connectivity index (χ4n) is 3.55. The van der Waals surface area contributed by atoms with Gasteiger partial charge in [0.1, 0.15) is 0 Å². The summed E-state index contributed by atoms with van der Waals surface area (Å²) in [6, 6.07) is 0. The molecule has 1 saturated heterocycles. The van der Waals surface area contributed by atoms with E-state index >= 15 is 0 Å². The van der Waals surface area contributed by atoms with Gasteiger partial charge in [-0.3, -0.25) is 4.79 Å². The lowest BCUT2D eigenvalue weighted by Crippen LogP contribution is -2.41. The first kappa shape index (κ1) is 12.4. The third kappa shape index (κ3) is 1.60. The van der Waals surface area contributed by atoms with E-state index in [2.05, 4.69) is 25.8 Å². The lowest BCUT2D eigenvalue weighted by atomic mass is 9.75. The molecule has 0 aromatic carbocycles. The Labute approximate surface area is 113 Å². The second-order valence-electron chi connectivity index (χ2n) is 5.88.